The summed E-state index contributed by atoms with van der Waals surface area (Å²) in [7, 11) is -1.94. The molecular formula is C17H25FN2O3S. The maximum absolute atomic E-state index is 13.1. The Morgan fingerprint density at radius 3 is 2.21 bits per heavy atom. The SMILES string of the molecule is C[C@@H](C(=O)N(C)C1CCCCC1)N(c1ccc(F)cc1)S(C)(=O)=O. The van der Waals surface area contributed by atoms with E-state index < -0.39 is 21.9 Å². The fourth-order valence-corrected chi connectivity index (χ4v) is 4.50. The Morgan fingerprint density at radius 2 is 1.71 bits per heavy atom. The second kappa shape index (κ2) is 7.51. The molecular weight excluding hydrogens is 331 g/mol. The first-order valence-corrected chi connectivity index (χ1v) is 10.1. The molecule has 1 aromatic carbocycles. The lowest BCUT2D eigenvalue weighted by Gasteiger charge is -2.36. The second-order valence-electron chi connectivity index (χ2n) is 6.45. The summed E-state index contributed by atoms with van der Waals surface area (Å²) < 4.78 is 38.6. The van der Waals surface area contributed by atoms with Crippen LogP contribution in [0.5, 0.6) is 0 Å². The van der Waals surface area contributed by atoms with Gasteiger partial charge in [-0.1, -0.05) is 19.3 Å². The third-order valence-corrected chi connectivity index (χ3v) is 5.86. The number of carbonyl (C=O) groups excluding carboxylic acids is 1. The average molecular weight is 356 g/mol. The minimum Gasteiger partial charge on any atom is -0.341 e. The monoisotopic (exact) mass is 356 g/mol. The van der Waals surface area contributed by atoms with E-state index in [-0.39, 0.29) is 17.6 Å². The fourth-order valence-electron chi connectivity index (χ4n) is 3.33. The molecule has 0 saturated heterocycles. The van der Waals surface area contributed by atoms with Crippen molar-refractivity contribution in [1.29, 1.82) is 0 Å². The lowest BCUT2D eigenvalue weighted by molar-refractivity contribution is -0.133. The molecule has 1 aromatic rings. The number of halogens is 1. The molecule has 1 fully saturated rings. The maximum atomic E-state index is 13.1. The van der Waals surface area contributed by atoms with E-state index in [1.54, 1.807) is 18.9 Å². The van der Waals surface area contributed by atoms with Crippen LogP contribution >= 0.6 is 0 Å². The number of carbonyl (C=O) groups is 1. The molecule has 1 aliphatic rings. The number of hydrogen-bond donors (Lipinski definition) is 0. The Hall–Kier alpha value is -1.63. The molecule has 5 nitrogen and oxygen atoms in total. The van der Waals surface area contributed by atoms with Crippen LogP contribution in [-0.2, 0) is 14.8 Å². The Labute approximate surface area is 143 Å². The van der Waals surface area contributed by atoms with E-state index >= 15 is 0 Å². The summed E-state index contributed by atoms with van der Waals surface area (Å²) in [6, 6.07) is 4.41. The molecule has 0 aromatic heterocycles. The maximum Gasteiger partial charge on any atom is 0.246 e. The zero-order valence-electron chi connectivity index (χ0n) is 14.4. The van der Waals surface area contributed by atoms with E-state index in [1.165, 1.54) is 30.7 Å². The quantitative estimate of drug-likeness (QED) is 0.815. The molecule has 134 valence electrons. The van der Waals surface area contributed by atoms with Crippen molar-refractivity contribution < 1.29 is 17.6 Å². The summed E-state index contributed by atoms with van der Waals surface area (Å²) in [5.41, 5.74) is 0.289. The van der Waals surface area contributed by atoms with Gasteiger partial charge in [-0.05, 0) is 44.0 Å². The lowest BCUT2D eigenvalue weighted by Crippen LogP contribution is -2.51. The minimum absolute atomic E-state index is 0.156. The minimum atomic E-state index is -3.68. The van der Waals surface area contributed by atoms with Crippen LogP contribution in [0.25, 0.3) is 0 Å². The Bertz CT molecular complexity index is 670. The molecule has 0 N–H and O–H groups in total. The van der Waals surface area contributed by atoms with Crippen LogP contribution in [0.2, 0.25) is 0 Å². The Morgan fingerprint density at radius 1 is 1.17 bits per heavy atom. The molecule has 0 bridgehead atoms. The van der Waals surface area contributed by atoms with Gasteiger partial charge in [0.1, 0.15) is 11.9 Å². The van der Waals surface area contributed by atoms with Crippen LogP contribution < -0.4 is 4.31 Å². The van der Waals surface area contributed by atoms with E-state index in [9.17, 15) is 17.6 Å². The molecule has 1 amide bonds. The summed E-state index contributed by atoms with van der Waals surface area (Å²) in [4.78, 5) is 14.5. The zero-order valence-corrected chi connectivity index (χ0v) is 15.2. The van der Waals surface area contributed by atoms with Gasteiger partial charge in [-0.25, -0.2) is 12.8 Å². The molecule has 0 aliphatic heterocycles. The first-order chi connectivity index (χ1) is 11.2. The molecule has 1 atom stereocenters. The molecule has 24 heavy (non-hydrogen) atoms. The highest BCUT2D eigenvalue weighted by atomic mass is 32.2. The van der Waals surface area contributed by atoms with Gasteiger partial charge in [-0.2, -0.15) is 0 Å². The molecule has 0 unspecified atom stereocenters. The highest BCUT2D eigenvalue weighted by Crippen LogP contribution is 2.25. The summed E-state index contributed by atoms with van der Waals surface area (Å²) in [6.45, 7) is 1.58. The van der Waals surface area contributed by atoms with Gasteiger partial charge in [0.15, 0.2) is 0 Å². The van der Waals surface area contributed by atoms with E-state index in [2.05, 4.69) is 0 Å². The smallest absolute Gasteiger partial charge is 0.246 e. The largest absolute Gasteiger partial charge is 0.341 e. The van der Waals surface area contributed by atoms with Gasteiger partial charge in [-0.15, -0.1) is 0 Å². The van der Waals surface area contributed by atoms with Crippen molar-refractivity contribution in [2.45, 2.75) is 51.1 Å². The number of anilines is 1. The van der Waals surface area contributed by atoms with Crippen molar-refractivity contribution in [3.63, 3.8) is 0 Å². The van der Waals surface area contributed by atoms with Gasteiger partial charge in [0.25, 0.3) is 0 Å². The van der Waals surface area contributed by atoms with E-state index in [4.69, 9.17) is 0 Å². The molecule has 1 aliphatic carbocycles. The third-order valence-electron chi connectivity index (χ3n) is 4.62. The highest BCUT2D eigenvalue weighted by Gasteiger charge is 2.33. The van der Waals surface area contributed by atoms with Gasteiger partial charge in [0.2, 0.25) is 15.9 Å². The number of benzene rings is 1. The normalized spacial score (nSPS) is 17.3. The van der Waals surface area contributed by atoms with Crippen LogP contribution in [0, 0.1) is 5.82 Å². The van der Waals surface area contributed by atoms with Crippen molar-refractivity contribution in [2.75, 3.05) is 17.6 Å². The predicted molar refractivity (Wildman–Crippen MR) is 92.8 cm³/mol. The van der Waals surface area contributed by atoms with Crippen LogP contribution in [-0.4, -0.2) is 44.6 Å². The number of amides is 1. The highest BCUT2D eigenvalue weighted by molar-refractivity contribution is 7.92. The summed E-state index contributed by atoms with van der Waals surface area (Å²) >= 11 is 0. The lowest BCUT2D eigenvalue weighted by atomic mass is 9.94. The Kier molecular flexibility index (Phi) is 5.85. The van der Waals surface area contributed by atoms with Gasteiger partial charge in [0, 0.05) is 13.1 Å². The standard InChI is InChI=1S/C17H25FN2O3S/c1-13(17(21)19(2)15-7-5-4-6-8-15)20(24(3,22)23)16-11-9-14(18)10-12-16/h9-13,15H,4-8H2,1-3H3/t13-/m0/s1. The van der Waals surface area contributed by atoms with Crippen LogP contribution in [0.15, 0.2) is 24.3 Å². The summed E-state index contributed by atoms with van der Waals surface area (Å²) in [5.74, 6) is -0.692. The number of nitrogens with zero attached hydrogens (tertiary/aromatic N) is 2. The van der Waals surface area contributed by atoms with E-state index in [0.717, 1.165) is 36.2 Å². The molecule has 2 rings (SSSR count). The first-order valence-electron chi connectivity index (χ1n) is 8.23. The number of likely N-dealkylation sites (N-methyl/N-ethyl adjacent to an activating group) is 1. The fraction of sp³-hybridized carbons (Fsp3) is 0.588. The molecule has 0 heterocycles. The molecule has 1 saturated carbocycles. The third kappa shape index (κ3) is 4.26. The van der Waals surface area contributed by atoms with Gasteiger partial charge < -0.3 is 4.90 Å². The summed E-state index contributed by atoms with van der Waals surface area (Å²) in [5, 5.41) is 0. The van der Waals surface area contributed by atoms with Gasteiger partial charge in [0.05, 0.1) is 11.9 Å². The van der Waals surface area contributed by atoms with Gasteiger partial charge in [-0.3, -0.25) is 9.10 Å². The Balaban J connectivity index is 2.25. The number of sulfonamides is 1. The zero-order chi connectivity index (χ0) is 17.9. The van der Waals surface area contributed by atoms with Crippen molar-refractivity contribution in [3.05, 3.63) is 30.1 Å². The number of rotatable bonds is 5. The molecule has 7 heteroatoms. The molecule has 0 radical (unpaired) electrons. The predicted octanol–water partition coefficient (Wildman–Crippen LogP) is 2.77. The average Bonchev–Trinajstić information content (AvgIpc) is 2.55. The van der Waals surface area contributed by atoms with Crippen molar-refractivity contribution in [1.82, 2.24) is 4.90 Å². The second-order valence-corrected chi connectivity index (χ2v) is 8.31. The van der Waals surface area contributed by atoms with Gasteiger partial charge >= 0.3 is 0 Å². The number of hydrogen-bond acceptors (Lipinski definition) is 3. The van der Waals surface area contributed by atoms with Crippen molar-refractivity contribution in [2.24, 2.45) is 0 Å². The van der Waals surface area contributed by atoms with Crippen molar-refractivity contribution in [3.8, 4) is 0 Å². The summed E-state index contributed by atoms with van der Waals surface area (Å²) in [6.07, 6.45) is 6.31. The van der Waals surface area contributed by atoms with E-state index in [0.29, 0.717) is 0 Å². The first kappa shape index (κ1) is 18.7. The topological polar surface area (TPSA) is 57.7 Å². The van der Waals surface area contributed by atoms with Crippen LogP contribution in [0.1, 0.15) is 39.0 Å². The van der Waals surface area contributed by atoms with E-state index in [1.807, 2.05) is 0 Å². The van der Waals surface area contributed by atoms with Crippen molar-refractivity contribution >= 4 is 21.6 Å². The van der Waals surface area contributed by atoms with Crippen LogP contribution in [0.4, 0.5) is 10.1 Å². The van der Waals surface area contributed by atoms with Crippen LogP contribution in [0.3, 0.4) is 0 Å². The molecule has 0 spiro atoms.